The van der Waals surface area contributed by atoms with Crippen LogP contribution in [0.4, 0.5) is 0 Å². The van der Waals surface area contributed by atoms with Crippen molar-refractivity contribution < 1.29 is 14.8 Å². The van der Waals surface area contributed by atoms with Crippen LogP contribution in [0.5, 0.6) is 0 Å². The van der Waals surface area contributed by atoms with Crippen molar-refractivity contribution in [1.29, 1.82) is 0 Å². The molecule has 0 bridgehead atoms. The molecule has 2 heterocycles. The van der Waals surface area contributed by atoms with Gasteiger partial charge in [-0.1, -0.05) is 6.42 Å². The first kappa shape index (κ1) is 13.8. The molecule has 0 radical (unpaired) electrons. The first-order valence-corrected chi connectivity index (χ1v) is 6.65. The van der Waals surface area contributed by atoms with Crippen LogP contribution in [-0.2, 0) is 4.79 Å². The molecule has 6 nitrogen and oxygen atoms in total. The maximum absolute atomic E-state index is 11.7. The zero-order chi connectivity index (χ0) is 13.2. The molecule has 2 aliphatic heterocycles. The van der Waals surface area contributed by atoms with Gasteiger partial charge >= 0.3 is 7.12 Å². The van der Waals surface area contributed by atoms with Crippen LogP contribution in [0.3, 0.4) is 0 Å². The predicted octanol–water partition coefficient (Wildman–Crippen LogP) is -1.61. The lowest BCUT2D eigenvalue weighted by molar-refractivity contribution is -0.129. The Hall–Kier alpha value is -0.625. The van der Waals surface area contributed by atoms with Crippen molar-refractivity contribution in [2.24, 2.45) is 11.1 Å². The van der Waals surface area contributed by atoms with Crippen molar-refractivity contribution in [2.75, 3.05) is 26.2 Å². The van der Waals surface area contributed by atoms with Crippen LogP contribution < -0.4 is 11.1 Å². The highest BCUT2D eigenvalue weighted by Gasteiger charge is 2.49. The second-order valence-electron chi connectivity index (χ2n) is 5.47. The molecule has 2 saturated heterocycles. The van der Waals surface area contributed by atoms with Gasteiger partial charge in [-0.15, -0.1) is 0 Å². The minimum Gasteiger partial charge on any atom is -0.427 e. The summed E-state index contributed by atoms with van der Waals surface area (Å²) < 4.78 is 0. The summed E-state index contributed by atoms with van der Waals surface area (Å²) in [6, 6.07) is 0.337. The standard InChI is InChI=1S/C11H22BN3O3/c13-6-10(16)15-7-9-11(8-15,3-5-14-9)2-1-4-12(17)18/h9,14,17-18H,1-8,13H2/t9-,11+/m0/s1. The summed E-state index contributed by atoms with van der Waals surface area (Å²) in [5.74, 6) is 0.00719. The first-order valence-electron chi connectivity index (χ1n) is 6.65. The van der Waals surface area contributed by atoms with E-state index >= 15 is 0 Å². The van der Waals surface area contributed by atoms with Gasteiger partial charge in [0, 0.05) is 24.5 Å². The average molecular weight is 255 g/mol. The third-order valence-corrected chi connectivity index (χ3v) is 4.33. The number of hydrogen-bond donors (Lipinski definition) is 4. The highest BCUT2D eigenvalue weighted by Crippen LogP contribution is 2.42. The molecule has 0 aliphatic carbocycles. The SMILES string of the molecule is NCC(=O)N1C[C@@H]2NCC[C@]2(CCCB(O)O)C1. The van der Waals surface area contributed by atoms with Crippen LogP contribution in [0.1, 0.15) is 19.3 Å². The minimum absolute atomic E-state index is 0.00719. The Bertz CT molecular complexity index is 316. The van der Waals surface area contributed by atoms with E-state index in [2.05, 4.69) is 5.32 Å². The molecule has 0 aromatic carbocycles. The van der Waals surface area contributed by atoms with E-state index in [9.17, 15) is 4.79 Å². The number of carbonyl (C=O) groups excluding carboxylic acids is 1. The summed E-state index contributed by atoms with van der Waals surface area (Å²) >= 11 is 0. The number of carbonyl (C=O) groups is 1. The molecule has 2 aliphatic rings. The molecule has 2 rings (SSSR count). The molecule has 0 aromatic heterocycles. The van der Waals surface area contributed by atoms with Crippen molar-refractivity contribution >= 4 is 13.0 Å². The molecule has 0 aromatic rings. The number of nitrogens with one attached hydrogen (secondary N) is 1. The second kappa shape index (κ2) is 5.56. The van der Waals surface area contributed by atoms with E-state index in [1.54, 1.807) is 0 Å². The number of likely N-dealkylation sites (tertiary alicyclic amines) is 1. The minimum atomic E-state index is -1.22. The van der Waals surface area contributed by atoms with Crippen LogP contribution in [0, 0.1) is 5.41 Å². The zero-order valence-corrected chi connectivity index (χ0v) is 10.6. The molecular weight excluding hydrogens is 233 g/mol. The van der Waals surface area contributed by atoms with E-state index < -0.39 is 7.12 Å². The molecule has 0 saturated carbocycles. The third-order valence-electron chi connectivity index (χ3n) is 4.33. The van der Waals surface area contributed by atoms with Crippen molar-refractivity contribution in [1.82, 2.24) is 10.2 Å². The van der Waals surface area contributed by atoms with Crippen LogP contribution in [-0.4, -0.2) is 60.2 Å². The molecule has 0 spiro atoms. The summed E-state index contributed by atoms with van der Waals surface area (Å²) in [5.41, 5.74) is 5.52. The van der Waals surface area contributed by atoms with E-state index in [-0.39, 0.29) is 17.9 Å². The first-order chi connectivity index (χ1) is 8.57. The Morgan fingerprint density at radius 3 is 3.00 bits per heavy atom. The van der Waals surface area contributed by atoms with Gasteiger partial charge in [-0.25, -0.2) is 0 Å². The lowest BCUT2D eigenvalue weighted by atomic mass is 9.74. The maximum atomic E-state index is 11.7. The lowest BCUT2D eigenvalue weighted by Crippen LogP contribution is -2.37. The van der Waals surface area contributed by atoms with Gasteiger partial charge in [0.2, 0.25) is 5.91 Å². The molecule has 18 heavy (non-hydrogen) atoms. The van der Waals surface area contributed by atoms with E-state index in [0.717, 1.165) is 38.9 Å². The predicted molar refractivity (Wildman–Crippen MR) is 68.7 cm³/mol. The van der Waals surface area contributed by atoms with Crippen LogP contribution in [0.15, 0.2) is 0 Å². The Morgan fingerprint density at radius 2 is 2.33 bits per heavy atom. The number of fused-ring (bicyclic) bond motifs is 1. The van der Waals surface area contributed by atoms with Gasteiger partial charge in [0.05, 0.1) is 6.54 Å². The van der Waals surface area contributed by atoms with E-state index in [1.165, 1.54) is 0 Å². The number of rotatable bonds is 5. The largest absolute Gasteiger partial charge is 0.451 e. The Kier molecular flexibility index (Phi) is 4.27. The van der Waals surface area contributed by atoms with Crippen molar-refractivity contribution in [3.05, 3.63) is 0 Å². The van der Waals surface area contributed by atoms with E-state index in [1.807, 2.05) is 4.90 Å². The molecule has 2 fully saturated rings. The Balaban J connectivity index is 1.94. The summed E-state index contributed by atoms with van der Waals surface area (Å²) in [6.07, 6.45) is 3.16. The fourth-order valence-electron chi connectivity index (χ4n) is 3.33. The van der Waals surface area contributed by atoms with Crippen molar-refractivity contribution in [3.63, 3.8) is 0 Å². The van der Waals surface area contributed by atoms with E-state index in [4.69, 9.17) is 15.8 Å². The highest BCUT2D eigenvalue weighted by molar-refractivity contribution is 6.40. The third kappa shape index (κ3) is 2.69. The molecule has 102 valence electrons. The fraction of sp³-hybridized carbons (Fsp3) is 0.909. The van der Waals surface area contributed by atoms with Gasteiger partial charge in [-0.3, -0.25) is 4.79 Å². The lowest BCUT2D eigenvalue weighted by Gasteiger charge is -2.28. The number of nitrogens with two attached hydrogens (primary N) is 1. The van der Waals surface area contributed by atoms with Gasteiger partial charge in [-0.2, -0.15) is 0 Å². The van der Waals surface area contributed by atoms with Crippen LogP contribution in [0.25, 0.3) is 0 Å². The maximum Gasteiger partial charge on any atom is 0.451 e. The summed E-state index contributed by atoms with van der Waals surface area (Å²) in [6.45, 7) is 2.54. The van der Waals surface area contributed by atoms with Gasteiger partial charge in [0.25, 0.3) is 0 Å². The molecule has 7 heteroatoms. The molecule has 2 atom stereocenters. The molecule has 1 amide bonds. The monoisotopic (exact) mass is 255 g/mol. The average Bonchev–Trinajstić information content (AvgIpc) is 2.84. The van der Waals surface area contributed by atoms with Gasteiger partial charge in [0.1, 0.15) is 0 Å². The van der Waals surface area contributed by atoms with E-state index in [0.29, 0.717) is 12.4 Å². The summed E-state index contributed by atoms with van der Waals surface area (Å²) in [5, 5.41) is 21.2. The van der Waals surface area contributed by atoms with Crippen LogP contribution >= 0.6 is 0 Å². The van der Waals surface area contributed by atoms with Crippen molar-refractivity contribution in [2.45, 2.75) is 31.6 Å². The summed E-state index contributed by atoms with van der Waals surface area (Å²) in [4.78, 5) is 13.5. The normalized spacial score (nSPS) is 30.6. The van der Waals surface area contributed by atoms with Gasteiger partial charge < -0.3 is 26.0 Å². The number of nitrogens with zero attached hydrogens (tertiary/aromatic N) is 1. The number of hydrogen-bond acceptors (Lipinski definition) is 5. The second-order valence-corrected chi connectivity index (χ2v) is 5.47. The fourth-order valence-corrected chi connectivity index (χ4v) is 3.33. The zero-order valence-electron chi connectivity index (χ0n) is 10.6. The molecule has 5 N–H and O–H groups in total. The van der Waals surface area contributed by atoms with Crippen molar-refractivity contribution in [3.8, 4) is 0 Å². The highest BCUT2D eigenvalue weighted by atomic mass is 16.4. The smallest absolute Gasteiger partial charge is 0.427 e. The Labute approximate surface area is 108 Å². The summed E-state index contributed by atoms with van der Waals surface area (Å²) in [7, 11) is -1.22. The quantitative estimate of drug-likeness (QED) is 0.443. The topological polar surface area (TPSA) is 98.8 Å². The van der Waals surface area contributed by atoms with Crippen LogP contribution in [0.2, 0.25) is 6.32 Å². The Morgan fingerprint density at radius 1 is 1.56 bits per heavy atom. The van der Waals surface area contributed by atoms with Gasteiger partial charge in [0.15, 0.2) is 0 Å². The number of amides is 1. The molecule has 0 unspecified atom stereocenters. The van der Waals surface area contributed by atoms with Gasteiger partial charge in [-0.05, 0) is 25.7 Å². The molecular formula is C11H22BN3O3.